The molecule has 3 nitrogen and oxygen atoms in total. The molecule has 4 heteroatoms. The third-order valence-electron chi connectivity index (χ3n) is 2.22. The molecule has 0 fully saturated rings. The van der Waals surface area contributed by atoms with E-state index >= 15 is 0 Å². The van der Waals surface area contributed by atoms with Gasteiger partial charge in [0, 0.05) is 10.5 Å². The van der Waals surface area contributed by atoms with Crippen molar-refractivity contribution < 1.29 is 13.9 Å². The Hall–Kier alpha value is -1.68. The summed E-state index contributed by atoms with van der Waals surface area (Å²) in [5, 5.41) is 0. The highest BCUT2D eigenvalue weighted by Crippen LogP contribution is 2.29. The van der Waals surface area contributed by atoms with Crippen molar-refractivity contribution in [1.82, 2.24) is 0 Å². The number of methoxy groups -OCH3 is 1. The van der Waals surface area contributed by atoms with Crippen molar-refractivity contribution in [3.05, 3.63) is 42.2 Å². The van der Waals surface area contributed by atoms with Gasteiger partial charge >= 0.3 is 5.97 Å². The zero-order chi connectivity index (χ0) is 11.5. The van der Waals surface area contributed by atoms with Crippen molar-refractivity contribution in [3.8, 4) is 11.3 Å². The maximum Gasteiger partial charge on any atom is 0.339 e. The standard InChI is InChI=1S/C12H10O3S/c1-14-12(13)11-8(4-2-6-10(11)16)9-5-3-7-15-9/h2-7,16H,1H3. The van der Waals surface area contributed by atoms with E-state index in [1.807, 2.05) is 6.07 Å². The number of benzene rings is 1. The molecular weight excluding hydrogens is 224 g/mol. The lowest BCUT2D eigenvalue weighted by molar-refractivity contribution is 0.0597. The first-order chi connectivity index (χ1) is 7.74. The highest BCUT2D eigenvalue weighted by atomic mass is 32.1. The Kier molecular flexibility index (Phi) is 3.01. The topological polar surface area (TPSA) is 39.4 Å². The van der Waals surface area contributed by atoms with Crippen LogP contribution in [0, 0.1) is 0 Å². The van der Waals surface area contributed by atoms with E-state index in [4.69, 9.17) is 9.15 Å². The summed E-state index contributed by atoms with van der Waals surface area (Å²) in [5.41, 5.74) is 1.10. The van der Waals surface area contributed by atoms with Crippen LogP contribution >= 0.6 is 12.6 Å². The van der Waals surface area contributed by atoms with E-state index in [1.54, 1.807) is 30.5 Å². The average Bonchev–Trinajstić information content (AvgIpc) is 2.81. The van der Waals surface area contributed by atoms with Crippen molar-refractivity contribution in [3.63, 3.8) is 0 Å². The summed E-state index contributed by atoms with van der Waals surface area (Å²) in [4.78, 5) is 12.2. The fourth-order valence-electron chi connectivity index (χ4n) is 1.49. The highest BCUT2D eigenvalue weighted by Gasteiger charge is 2.17. The van der Waals surface area contributed by atoms with Gasteiger partial charge in [-0.15, -0.1) is 12.6 Å². The fraction of sp³-hybridized carbons (Fsp3) is 0.0833. The Bertz CT molecular complexity index is 503. The molecule has 1 aromatic carbocycles. The summed E-state index contributed by atoms with van der Waals surface area (Å²) in [6, 6.07) is 8.90. The molecule has 0 spiro atoms. The number of carbonyl (C=O) groups is 1. The van der Waals surface area contributed by atoms with E-state index in [0.717, 1.165) is 0 Å². The van der Waals surface area contributed by atoms with Gasteiger partial charge in [-0.1, -0.05) is 12.1 Å². The Morgan fingerprint density at radius 2 is 2.12 bits per heavy atom. The van der Waals surface area contributed by atoms with Crippen LogP contribution in [0.1, 0.15) is 10.4 Å². The molecular formula is C12H10O3S. The SMILES string of the molecule is COC(=O)c1c(S)cccc1-c1ccco1. The van der Waals surface area contributed by atoms with E-state index < -0.39 is 5.97 Å². The molecule has 1 aromatic heterocycles. The van der Waals surface area contributed by atoms with E-state index in [-0.39, 0.29) is 0 Å². The van der Waals surface area contributed by atoms with Gasteiger partial charge in [0.25, 0.3) is 0 Å². The van der Waals surface area contributed by atoms with Gasteiger partial charge in [-0.25, -0.2) is 4.79 Å². The predicted octanol–water partition coefficient (Wildman–Crippen LogP) is 3.02. The van der Waals surface area contributed by atoms with Gasteiger partial charge in [-0.2, -0.15) is 0 Å². The molecule has 0 radical (unpaired) electrons. The molecule has 0 saturated carbocycles. The van der Waals surface area contributed by atoms with Crippen molar-refractivity contribution in [2.24, 2.45) is 0 Å². The molecule has 0 aliphatic carbocycles. The number of furan rings is 1. The minimum atomic E-state index is -0.419. The van der Waals surface area contributed by atoms with Crippen LogP contribution in [-0.4, -0.2) is 13.1 Å². The van der Waals surface area contributed by atoms with Gasteiger partial charge in [0.2, 0.25) is 0 Å². The minimum absolute atomic E-state index is 0.419. The number of hydrogen-bond acceptors (Lipinski definition) is 4. The zero-order valence-corrected chi connectivity index (χ0v) is 9.53. The molecule has 0 aliphatic heterocycles. The second-order valence-electron chi connectivity index (χ2n) is 3.17. The maximum atomic E-state index is 11.6. The largest absolute Gasteiger partial charge is 0.465 e. The highest BCUT2D eigenvalue weighted by molar-refractivity contribution is 7.80. The summed E-state index contributed by atoms with van der Waals surface area (Å²) >= 11 is 4.25. The van der Waals surface area contributed by atoms with Crippen molar-refractivity contribution in [1.29, 1.82) is 0 Å². The second-order valence-corrected chi connectivity index (χ2v) is 3.65. The lowest BCUT2D eigenvalue weighted by atomic mass is 10.1. The summed E-state index contributed by atoms with van der Waals surface area (Å²) in [6.45, 7) is 0. The molecule has 0 atom stereocenters. The van der Waals surface area contributed by atoms with Gasteiger partial charge in [-0.05, 0) is 18.2 Å². The van der Waals surface area contributed by atoms with Gasteiger partial charge in [0.15, 0.2) is 0 Å². The van der Waals surface area contributed by atoms with Crippen LogP contribution in [0.5, 0.6) is 0 Å². The number of ether oxygens (including phenoxy) is 1. The number of thiol groups is 1. The normalized spacial score (nSPS) is 10.1. The summed E-state index contributed by atoms with van der Waals surface area (Å²) < 4.78 is 9.99. The summed E-state index contributed by atoms with van der Waals surface area (Å²) in [7, 11) is 1.34. The first-order valence-corrected chi connectivity index (χ1v) is 5.13. The third-order valence-corrected chi connectivity index (χ3v) is 2.59. The van der Waals surface area contributed by atoms with Crippen molar-refractivity contribution in [2.75, 3.05) is 7.11 Å². The quantitative estimate of drug-likeness (QED) is 0.641. The van der Waals surface area contributed by atoms with Gasteiger partial charge < -0.3 is 9.15 Å². The van der Waals surface area contributed by atoms with E-state index in [1.165, 1.54) is 7.11 Å². The Balaban J connectivity index is 2.62. The molecule has 82 valence electrons. The van der Waals surface area contributed by atoms with Crippen LogP contribution in [-0.2, 0) is 4.74 Å². The molecule has 2 rings (SSSR count). The lowest BCUT2D eigenvalue weighted by Gasteiger charge is -2.07. The molecule has 0 unspecified atom stereocenters. The Morgan fingerprint density at radius 1 is 1.31 bits per heavy atom. The first kappa shape index (κ1) is 10.8. The van der Waals surface area contributed by atoms with Crippen molar-refractivity contribution >= 4 is 18.6 Å². The fourth-order valence-corrected chi connectivity index (χ4v) is 1.79. The summed E-state index contributed by atoms with van der Waals surface area (Å²) in [5.74, 6) is 0.202. The second kappa shape index (κ2) is 4.45. The summed E-state index contributed by atoms with van der Waals surface area (Å²) in [6.07, 6.45) is 1.56. The number of carbonyl (C=O) groups excluding carboxylic acids is 1. The Labute approximate surface area is 98.4 Å². The van der Waals surface area contributed by atoms with E-state index in [9.17, 15) is 4.79 Å². The van der Waals surface area contributed by atoms with Crippen molar-refractivity contribution in [2.45, 2.75) is 4.90 Å². The van der Waals surface area contributed by atoms with Crippen LogP contribution in [0.25, 0.3) is 11.3 Å². The van der Waals surface area contributed by atoms with Crippen LogP contribution in [0.3, 0.4) is 0 Å². The zero-order valence-electron chi connectivity index (χ0n) is 8.64. The molecule has 0 amide bonds. The molecule has 2 aromatic rings. The van der Waals surface area contributed by atoms with Crippen LogP contribution < -0.4 is 0 Å². The molecule has 1 heterocycles. The number of esters is 1. The van der Waals surface area contributed by atoms with E-state index in [2.05, 4.69) is 12.6 Å². The van der Waals surface area contributed by atoms with Gasteiger partial charge in [-0.3, -0.25) is 0 Å². The third kappa shape index (κ3) is 1.84. The molecule has 0 N–H and O–H groups in total. The first-order valence-electron chi connectivity index (χ1n) is 4.68. The molecule has 0 saturated heterocycles. The number of rotatable bonds is 2. The van der Waals surface area contributed by atoms with Crippen LogP contribution in [0.2, 0.25) is 0 Å². The predicted molar refractivity (Wildman–Crippen MR) is 62.7 cm³/mol. The molecule has 0 bridgehead atoms. The van der Waals surface area contributed by atoms with Gasteiger partial charge in [0.1, 0.15) is 5.76 Å². The molecule has 0 aliphatic rings. The number of hydrogen-bond donors (Lipinski definition) is 1. The van der Waals surface area contributed by atoms with Crippen LogP contribution in [0.15, 0.2) is 45.9 Å². The lowest BCUT2D eigenvalue weighted by Crippen LogP contribution is -2.04. The maximum absolute atomic E-state index is 11.6. The van der Waals surface area contributed by atoms with Gasteiger partial charge in [0.05, 0.1) is 18.9 Å². The van der Waals surface area contributed by atoms with Crippen LogP contribution in [0.4, 0.5) is 0 Å². The van der Waals surface area contributed by atoms with E-state index in [0.29, 0.717) is 21.8 Å². The smallest absolute Gasteiger partial charge is 0.339 e. The average molecular weight is 234 g/mol. The minimum Gasteiger partial charge on any atom is -0.465 e. The monoisotopic (exact) mass is 234 g/mol. The molecule has 16 heavy (non-hydrogen) atoms. The Morgan fingerprint density at radius 3 is 2.75 bits per heavy atom.